The first-order valence-electron chi connectivity index (χ1n) is 9.58. The van der Waals surface area contributed by atoms with Gasteiger partial charge in [-0.1, -0.05) is 12.1 Å². The predicted molar refractivity (Wildman–Crippen MR) is 119 cm³/mol. The third-order valence-electron chi connectivity index (χ3n) is 5.15. The molecule has 0 saturated heterocycles. The van der Waals surface area contributed by atoms with Crippen LogP contribution in [-0.2, 0) is 0 Å². The first kappa shape index (κ1) is 18.6. The molecule has 0 unspecified atom stereocenters. The van der Waals surface area contributed by atoms with Crippen LogP contribution in [0.5, 0.6) is 0 Å². The molecule has 0 saturated carbocycles. The molecular weight excluding hydrogens is 391 g/mol. The number of fused-ring (bicyclic) bond motifs is 1. The van der Waals surface area contributed by atoms with Crippen molar-refractivity contribution in [1.82, 2.24) is 19.9 Å². The van der Waals surface area contributed by atoms with E-state index in [4.69, 9.17) is 11.1 Å². The third-order valence-corrected chi connectivity index (χ3v) is 5.15. The number of aromatic nitrogens is 4. The molecular formula is C24H17FN6. The minimum atomic E-state index is -0.315. The van der Waals surface area contributed by atoms with Crippen molar-refractivity contribution in [2.75, 3.05) is 5.73 Å². The van der Waals surface area contributed by atoms with Gasteiger partial charge in [0.25, 0.3) is 0 Å². The third kappa shape index (κ3) is 3.42. The average Bonchev–Trinajstić information content (AvgIpc) is 3.24. The van der Waals surface area contributed by atoms with Crippen LogP contribution in [0.3, 0.4) is 0 Å². The molecule has 0 aliphatic heterocycles. The predicted octanol–water partition coefficient (Wildman–Crippen LogP) is 4.82. The summed E-state index contributed by atoms with van der Waals surface area (Å²) >= 11 is 0. The first-order valence-corrected chi connectivity index (χ1v) is 9.58. The van der Waals surface area contributed by atoms with Crippen LogP contribution in [0.25, 0.3) is 33.2 Å². The van der Waals surface area contributed by atoms with E-state index >= 15 is 0 Å². The average molecular weight is 408 g/mol. The van der Waals surface area contributed by atoms with Gasteiger partial charge in [-0.25, -0.2) is 9.37 Å². The molecule has 7 heteroatoms. The number of anilines is 1. The van der Waals surface area contributed by atoms with Crippen LogP contribution >= 0.6 is 0 Å². The van der Waals surface area contributed by atoms with E-state index in [0.717, 1.165) is 33.2 Å². The van der Waals surface area contributed by atoms with Crippen LogP contribution in [0.1, 0.15) is 11.3 Å². The molecule has 1 aromatic carbocycles. The smallest absolute Gasteiger partial charge is 0.132 e. The van der Waals surface area contributed by atoms with Crippen LogP contribution < -0.4 is 5.73 Å². The number of halogens is 1. The Labute approximate surface area is 177 Å². The molecule has 31 heavy (non-hydrogen) atoms. The molecule has 0 spiro atoms. The fraction of sp³-hybridized carbons (Fsp3) is 0. The molecule has 5 rings (SSSR count). The van der Waals surface area contributed by atoms with Crippen molar-refractivity contribution in [3.05, 3.63) is 96.6 Å². The second-order valence-electron chi connectivity index (χ2n) is 7.11. The zero-order valence-corrected chi connectivity index (χ0v) is 16.3. The van der Waals surface area contributed by atoms with E-state index in [1.165, 1.54) is 12.1 Å². The van der Waals surface area contributed by atoms with E-state index in [9.17, 15) is 4.39 Å². The standard InChI is InChI=1S/C24H17FN6/c25-17-3-1-2-15(8-17)20-12-29-13-22-18(20)10-21(31-22)23(26)19-9-16(11-30-24(19)27)14-4-6-28-7-5-14/h1-13,26,31H,(H2,27,30). The number of hydrogen-bond acceptors (Lipinski definition) is 5. The number of benzene rings is 1. The fourth-order valence-corrected chi connectivity index (χ4v) is 3.59. The second kappa shape index (κ2) is 7.46. The van der Waals surface area contributed by atoms with Crippen LogP contribution in [-0.4, -0.2) is 25.6 Å². The highest BCUT2D eigenvalue weighted by molar-refractivity contribution is 6.15. The van der Waals surface area contributed by atoms with Crippen LogP contribution in [0.15, 0.2) is 79.5 Å². The summed E-state index contributed by atoms with van der Waals surface area (Å²) in [5.41, 5.74) is 11.4. The summed E-state index contributed by atoms with van der Waals surface area (Å²) in [7, 11) is 0. The molecule has 150 valence electrons. The lowest BCUT2D eigenvalue weighted by molar-refractivity contribution is 0.628. The zero-order chi connectivity index (χ0) is 21.4. The van der Waals surface area contributed by atoms with E-state index in [2.05, 4.69) is 19.9 Å². The number of nitrogens with one attached hydrogen (secondary N) is 2. The molecule has 0 aliphatic carbocycles. The summed E-state index contributed by atoms with van der Waals surface area (Å²) in [5, 5.41) is 9.61. The monoisotopic (exact) mass is 408 g/mol. The molecule has 6 nitrogen and oxygen atoms in total. The summed E-state index contributed by atoms with van der Waals surface area (Å²) < 4.78 is 13.7. The fourth-order valence-electron chi connectivity index (χ4n) is 3.59. The van der Waals surface area contributed by atoms with Gasteiger partial charge >= 0.3 is 0 Å². The Kier molecular flexibility index (Phi) is 4.48. The van der Waals surface area contributed by atoms with Crippen LogP contribution in [0, 0.1) is 11.2 Å². The molecule has 4 aromatic heterocycles. The molecule has 0 bridgehead atoms. The van der Waals surface area contributed by atoms with Crippen molar-refractivity contribution < 1.29 is 4.39 Å². The van der Waals surface area contributed by atoms with Gasteiger partial charge in [0.05, 0.1) is 23.1 Å². The number of rotatable bonds is 4. The van der Waals surface area contributed by atoms with Crippen LogP contribution in [0.4, 0.5) is 10.2 Å². The van der Waals surface area contributed by atoms with Gasteiger partial charge in [0, 0.05) is 46.9 Å². The summed E-state index contributed by atoms with van der Waals surface area (Å²) in [5.74, 6) is -0.0466. The van der Waals surface area contributed by atoms with Crippen molar-refractivity contribution >= 4 is 22.4 Å². The Hall–Kier alpha value is -4.39. The highest BCUT2D eigenvalue weighted by Gasteiger charge is 2.16. The van der Waals surface area contributed by atoms with Crippen LogP contribution in [0.2, 0.25) is 0 Å². The largest absolute Gasteiger partial charge is 0.383 e. The van der Waals surface area contributed by atoms with Gasteiger partial charge < -0.3 is 10.7 Å². The normalized spacial score (nSPS) is 11.0. The van der Waals surface area contributed by atoms with Crippen molar-refractivity contribution in [2.24, 2.45) is 0 Å². The minimum absolute atomic E-state index is 0.210. The quantitative estimate of drug-likeness (QED) is 0.371. The highest BCUT2D eigenvalue weighted by Crippen LogP contribution is 2.30. The van der Waals surface area contributed by atoms with Crippen molar-refractivity contribution in [2.45, 2.75) is 0 Å². The second-order valence-corrected chi connectivity index (χ2v) is 7.11. The maximum atomic E-state index is 13.7. The topological polar surface area (TPSA) is 104 Å². The van der Waals surface area contributed by atoms with Gasteiger partial charge in [0.1, 0.15) is 11.6 Å². The molecule has 0 radical (unpaired) electrons. The number of nitrogens with zero attached hydrogens (tertiary/aromatic N) is 3. The Morgan fingerprint density at radius 2 is 1.74 bits per heavy atom. The lowest BCUT2D eigenvalue weighted by Gasteiger charge is -2.08. The molecule has 0 amide bonds. The number of nitrogens with two attached hydrogens (primary N) is 1. The molecule has 4 N–H and O–H groups in total. The minimum Gasteiger partial charge on any atom is -0.383 e. The van der Waals surface area contributed by atoms with Gasteiger partial charge in [-0.3, -0.25) is 15.4 Å². The number of hydrogen-bond donors (Lipinski definition) is 3. The highest BCUT2D eigenvalue weighted by atomic mass is 19.1. The zero-order valence-electron chi connectivity index (χ0n) is 16.3. The van der Waals surface area contributed by atoms with Crippen molar-refractivity contribution in [3.8, 4) is 22.3 Å². The van der Waals surface area contributed by atoms with Gasteiger partial charge in [-0.15, -0.1) is 0 Å². The van der Waals surface area contributed by atoms with E-state index in [0.29, 0.717) is 11.3 Å². The molecule has 0 fully saturated rings. The molecule has 5 aromatic rings. The van der Waals surface area contributed by atoms with Crippen molar-refractivity contribution in [1.29, 1.82) is 5.41 Å². The lowest BCUT2D eigenvalue weighted by Crippen LogP contribution is -2.07. The Bertz CT molecular complexity index is 1430. The lowest BCUT2D eigenvalue weighted by atomic mass is 10.0. The molecule has 0 aliphatic rings. The van der Waals surface area contributed by atoms with Crippen molar-refractivity contribution in [3.63, 3.8) is 0 Å². The number of H-pyrrole nitrogens is 1. The van der Waals surface area contributed by atoms with Gasteiger partial charge in [-0.05, 0) is 47.5 Å². The van der Waals surface area contributed by atoms with Gasteiger partial charge in [-0.2, -0.15) is 0 Å². The Balaban J connectivity index is 1.59. The van der Waals surface area contributed by atoms with E-state index < -0.39 is 0 Å². The maximum Gasteiger partial charge on any atom is 0.132 e. The van der Waals surface area contributed by atoms with Gasteiger partial charge in [0.15, 0.2) is 0 Å². The summed E-state index contributed by atoms with van der Waals surface area (Å²) in [6.07, 6.45) is 8.46. The maximum absolute atomic E-state index is 13.7. The number of nitrogen functional groups attached to an aromatic ring is 1. The Morgan fingerprint density at radius 1 is 0.903 bits per heavy atom. The SMILES string of the molecule is N=C(c1cc2c(-c3cccc(F)c3)cncc2[nH]1)c1cc(-c2ccncc2)cnc1N. The number of pyridine rings is 3. The van der Waals surface area contributed by atoms with Gasteiger partial charge in [0.2, 0.25) is 0 Å². The Morgan fingerprint density at radius 3 is 2.55 bits per heavy atom. The van der Waals surface area contributed by atoms with E-state index in [1.54, 1.807) is 37.1 Å². The van der Waals surface area contributed by atoms with E-state index in [-0.39, 0.29) is 17.3 Å². The summed E-state index contributed by atoms with van der Waals surface area (Å²) in [6.45, 7) is 0. The molecule has 4 heterocycles. The first-order chi connectivity index (χ1) is 15.1. The van der Waals surface area contributed by atoms with E-state index in [1.807, 2.05) is 30.3 Å². The molecule has 0 atom stereocenters. The summed E-state index contributed by atoms with van der Waals surface area (Å²) in [6, 6.07) is 13.8. The number of aromatic amines is 1. The summed E-state index contributed by atoms with van der Waals surface area (Å²) in [4.78, 5) is 15.8.